The van der Waals surface area contributed by atoms with Crippen LogP contribution >= 0.6 is 24.0 Å². The van der Waals surface area contributed by atoms with Crippen LogP contribution in [0.25, 0.3) is 0 Å². The summed E-state index contributed by atoms with van der Waals surface area (Å²) in [5.41, 5.74) is 0. The van der Waals surface area contributed by atoms with Gasteiger partial charge in [-0.2, -0.15) is 0 Å². The van der Waals surface area contributed by atoms with Gasteiger partial charge in [-0.25, -0.2) is 0 Å². The second-order valence-corrected chi connectivity index (χ2v) is 6.66. The Hall–Kier alpha value is -0.0800. The van der Waals surface area contributed by atoms with E-state index in [2.05, 4.69) is 22.5 Å². The molecule has 1 unspecified atom stereocenters. The summed E-state index contributed by atoms with van der Waals surface area (Å²) in [5, 5.41) is 6.92. The predicted molar refractivity (Wildman–Crippen MR) is 106 cm³/mol. The lowest BCUT2D eigenvalue weighted by atomic mass is 9.87. The molecule has 1 aliphatic heterocycles. The molecule has 1 saturated heterocycles. The molecule has 2 fully saturated rings. The van der Waals surface area contributed by atoms with Crippen LogP contribution in [0.4, 0.5) is 0 Å². The topological polar surface area (TPSA) is 54.9 Å². The standard InChI is InChI=1S/C17H33N3O2.HI/c1-14-6-8-15(9-7-14)20-17(18-2)19-10-4-11-21-13-16-5-3-12-22-16;/h14-16H,3-13H2,1-2H3,(H2,18,19,20);1H. The largest absolute Gasteiger partial charge is 0.379 e. The van der Waals surface area contributed by atoms with Crippen molar-refractivity contribution < 1.29 is 9.47 Å². The number of ether oxygens (including phenoxy) is 2. The Morgan fingerprint density at radius 2 is 2.00 bits per heavy atom. The third-order valence-corrected chi connectivity index (χ3v) is 4.67. The normalized spacial score (nSPS) is 28.3. The van der Waals surface area contributed by atoms with Crippen LogP contribution in [0.1, 0.15) is 51.9 Å². The third-order valence-electron chi connectivity index (χ3n) is 4.67. The van der Waals surface area contributed by atoms with Crippen molar-refractivity contribution in [1.29, 1.82) is 0 Å². The molecule has 6 heteroatoms. The van der Waals surface area contributed by atoms with E-state index in [-0.39, 0.29) is 24.0 Å². The van der Waals surface area contributed by atoms with Crippen LogP contribution in [0.15, 0.2) is 4.99 Å². The van der Waals surface area contributed by atoms with Crippen molar-refractivity contribution in [2.45, 2.75) is 64.0 Å². The van der Waals surface area contributed by atoms with Gasteiger partial charge in [0.1, 0.15) is 0 Å². The zero-order chi connectivity index (χ0) is 15.6. The third kappa shape index (κ3) is 8.54. The Morgan fingerprint density at radius 1 is 1.22 bits per heavy atom. The first kappa shape index (κ1) is 21.0. The van der Waals surface area contributed by atoms with E-state index in [1.165, 1.54) is 32.1 Å². The molecule has 0 aromatic heterocycles. The minimum absolute atomic E-state index is 0. The Balaban J connectivity index is 0.00000264. The van der Waals surface area contributed by atoms with Crippen molar-refractivity contribution in [3.05, 3.63) is 0 Å². The number of guanidine groups is 1. The molecule has 0 bridgehead atoms. The van der Waals surface area contributed by atoms with Crippen LogP contribution in [0.5, 0.6) is 0 Å². The quantitative estimate of drug-likeness (QED) is 0.277. The van der Waals surface area contributed by atoms with E-state index in [1.54, 1.807) is 0 Å². The zero-order valence-electron chi connectivity index (χ0n) is 14.7. The van der Waals surface area contributed by atoms with Crippen LogP contribution in [0, 0.1) is 5.92 Å². The van der Waals surface area contributed by atoms with E-state index in [9.17, 15) is 0 Å². The first-order valence-electron chi connectivity index (χ1n) is 8.94. The van der Waals surface area contributed by atoms with Gasteiger partial charge in [0, 0.05) is 32.8 Å². The van der Waals surface area contributed by atoms with Crippen molar-refractivity contribution in [2.75, 3.05) is 33.4 Å². The maximum atomic E-state index is 5.67. The lowest BCUT2D eigenvalue weighted by molar-refractivity contribution is 0.0168. The molecule has 0 spiro atoms. The SMILES string of the molecule is CN=C(NCCCOCC1CCCO1)NC1CCC(C)CC1.I. The number of aliphatic imine (C=N–C) groups is 1. The summed E-state index contributed by atoms with van der Waals surface area (Å²) in [7, 11) is 1.84. The number of halogens is 1. The minimum atomic E-state index is 0. The summed E-state index contributed by atoms with van der Waals surface area (Å²) in [4.78, 5) is 4.32. The molecule has 1 saturated carbocycles. The fourth-order valence-corrected chi connectivity index (χ4v) is 3.16. The fraction of sp³-hybridized carbons (Fsp3) is 0.941. The molecule has 5 nitrogen and oxygen atoms in total. The van der Waals surface area contributed by atoms with Gasteiger partial charge in [-0.05, 0) is 50.9 Å². The van der Waals surface area contributed by atoms with Gasteiger partial charge in [0.15, 0.2) is 5.96 Å². The Kier molecular flexibility index (Phi) is 11.2. The number of hydrogen-bond acceptors (Lipinski definition) is 3. The molecule has 1 heterocycles. The van der Waals surface area contributed by atoms with Gasteiger partial charge in [0.05, 0.1) is 12.7 Å². The van der Waals surface area contributed by atoms with Gasteiger partial charge < -0.3 is 20.1 Å². The molecule has 23 heavy (non-hydrogen) atoms. The lowest BCUT2D eigenvalue weighted by Gasteiger charge is -2.28. The average Bonchev–Trinajstić information content (AvgIpc) is 3.05. The molecule has 1 aliphatic carbocycles. The second-order valence-electron chi connectivity index (χ2n) is 6.66. The van der Waals surface area contributed by atoms with Gasteiger partial charge in [-0.1, -0.05) is 6.92 Å². The smallest absolute Gasteiger partial charge is 0.191 e. The van der Waals surface area contributed by atoms with Crippen LogP contribution in [-0.2, 0) is 9.47 Å². The summed E-state index contributed by atoms with van der Waals surface area (Å²) in [5.74, 6) is 1.81. The van der Waals surface area contributed by atoms with Crippen molar-refractivity contribution >= 4 is 29.9 Å². The number of hydrogen-bond donors (Lipinski definition) is 2. The van der Waals surface area contributed by atoms with E-state index >= 15 is 0 Å². The maximum absolute atomic E-state index is 5.67. The molecule has 2 aliphatic rings. The van der Waals surface area contributed by atoms with Crippen molar-refractivity contribution in [1.82, 2.24) is 10.6 Å². The van der Waals surface area contributed by atoms with Crippen LogP contribution in [0.2, 0.25) is 0 Å². The van der Waals surface area contributed by atoms with Gasteiger partial charge in [0.2, 0.25) is 0 Å². The van der Waals surface area contributed by atoms with E-state index in [1.807, 2.05) is 7.05 Å². The monoisotopic (exact) mass is 439 g/mol. The van der Waals surface area contributed by atoms with Crippen molar-refractivity contribution in [2.24, 2.45) is 10.9 Å². The average molecular weight is 439 g/mol. The first-order valence-corrected chi connectivity index (χ1v) is 8.94. The van der Waals surface area contributed by atoms with E-state index < -0.39 is 0 Å². The summed E-state index contributed by atoms with van der Waals surface area (Å²) >= 11 is 0. The second kappa shape index (κ2) is 12.3. The summed E-state index contributed by atoms with van der Waals surface area (Å²) in [6, 6.07) is 0.582. The summed E-state index contributed by atoms with van der Waals surface area (Å²) in [6.07, 6.45) is 8.81. The lowest BCUT2D eigenvalue weighted by Crippen LogP contribution is -2.45. The predicted octanol–water partition coefficient (Wildman–Crippen LogP) is 2.93. The first-order chi connectivity index (χ1) is 10.8. The highest BCUT2D eigenvalue weighted by molar-refractivity contribution is 14.0. The highest BCUT2D eigenvalue weighted by Crippen LogP contribution is 2.23. The fourth-order valence-electron chi connectivity index (χ4n) is 3.16. The molecule has 2 rings (SSSR count). The molecule has 0 radical (unpaired) electrons. The van der Waals surface area contributed by atoms with Crippen LogP contribution < -0.4 is 10.6 Å². The van der Waals surface area contributed by atoms with Gasteiger partial charge in [-0.3, -0.25) is 4.99 Å². The van der Waals surface area contributed by atoms with E-state index in [0.29, 0.717) is 12.1 Å². The van der Waals surface area contributed by atoms with Crippen LogP contribution in [-0.4, -0.2) is 51.5 Å². The molecule has 136 valence electrons. The van der Waals surface area contributed by atoms with Crippen molar-refractivity contribution in [3.63, 3.8) is 0 Å². The molecule has 0 aromatic carbocycles. The number of nitrogens with zero attached hydrogens (tertiary/aromatic N) is 1. The molecule has 1 atom stereocenters. The Morgan fingerprint density at radius 3 is 2.65 bits per heavy atom. The summed E-state index contributed by atoms with van der Waals surface area (Å²) in [6.45, 7) is 5.67. The van der Waals surface area contributed by atoms with Gasteiger partial charge in [0.25, 0.3) is 0 Å². The number of nitrogens with one attached hydrogen (secondary N) is 2. The Labute approximate surface area is 158 Å². The van der Waals surface area contributed by atoms with Crippen molar-refractivity contribution in [3.8, 4) is 0 Å². The summed E-state index contributed by atoms with van der Waals surface area (Å²) < 4.78 is 11.2. The Bertz CT molecular complexity index is 328. The maximum Gasteiger partial charge on any atom is 0.191 e. The van der Waals surface area contributed by atoms with Gasteiger partial charge in [-0.15, -0.1) is 24.0 Å². The molecular weight excluding hydrogens is 405 g/mol. The molecule has 2 N–H and O–H groups in total. The van der Waals surface area contributed by atoms with E-state index in [0.717, 1.165) is 51.1 Å². The van der Waals surface area contributed by atoms with Gasteiger partial charge >= 0.3 is 0 Å². The molecular formula is C17H34IN3O2. The van der Waals surface area contributed by atoms with Crippen LogP contribution in [0.3, 0.4) is 0 Å². The molecule has 0 aromatic rings. The minimum Gasteiger partial charge on any atom is -0.379 e. The van der Waals surface area contributed by atoms with E-state index in [4.69, 9.17) is 9.47 Å². The number of rotatable bonds is 7. The highest BCUT2D eigenvalue weighted by Gasteiger charge is 2.18. The zero-order valence-corrected chi connectivity index (χ0v) is 17.0. The highest BCUT2D eigenvalue weighted by atomic mass is 127. The molecule has 0 amide bonds.